The first-order valence-corrected chi connectivity index (χ1v) is 14.9. The number of ether oxygens (including phenoxy) is 1. The molecule has 0 fully saturated rings. The number of carbonyl (C=O) groups is 1. The summed E-state index contributed by atoms with van der Waals surface area (Å²) in [5, 5.41) is 10.5. The van der Waals surface area contributed by atoms with Gasteiger partial charge in [0.1, 0.15) is 11.4 Å². The van der Waals surface area contributed by atoms with Crippen LogP contribution in [-0.4, -0.2) is 30.1 Å². The number of aliphatic hydroxyl groups excluding tert-OH is 1. The van der Waals surface area contributed by atoms with Crippen molar-refractivity contribution in [1.82, 2.24) is 4.98 Å². The lowest BCUT2D eigenvalue weighted by atomic mass is 9.80. The lowest BCUT2D eigenvalue weighted by Gasteiger charge is -2.38. The van der Waals surface area contributed by atoms with Gasteiger partial charge >= 0.3 is 12.1 Å². The number of sulfonamides is 1. The highest BCUT2D eigenvalue weighted by molar-refractivity contribution is 7.92. The number of rotatable bonds is 11. The highest BCUT2D eigenvalue weighted by Crippen LogP contribution is 2.42. The van der Waals surface area contributed by atoms with E-state index < -0.39 is 74.1 Å². The van der Waals surface area contributed by atoms with Gasteiger partial charge in [-0.1, -0.05) is 62.7 Å². The monoisotopic (exact) mass is 606 g/mol. The first-order chi connectivity index (χ1) is 21.5. The number of hydrogen-bond donors (Lipinski definition) is 2. The molecular weight excluding hydrogens is 569 g/mol. The fraction of sp³-hybridized carbons (Fsp3) is 0.355. The van der Waals surface area contributed by atoms with Gasteiger partial charge in [0, 0.05) is 24.2 Å². The molecule has 0 saturated heterocycles. The van der Waals surface area contributed by atoms with E-state index in [1.54, 1.807) is 6.92 Å². The summed E-state index contributed by atoms with van der Waals surface area (Å²) in [5.74, 6) is -2.35. The molecule has 224 valence electrons. The number of aliphatic hydroxyl groups is 1. The maximum atomic E-state index is 13.6. The average Bonchev–Trinajstić information content (AvgIpc) is 3.00. The topological polar surface area (TPSA) is 106 Å². The van der Waals surface area contributed by atoms with Gasteiger partial charge in [-0.25, -0.2) is 9.78 Å². The fourth-order valence-corrected chi connectivity index (χ4v) is 5.97. The summed E-state index contributed by atoms with van der Waals surface area (Å²) in [6.07, 6.45) is -2.34. The van der Waals surface area contributed by atoms with Crippen LogP contribution in [0.1, 0.15) is 74.0 Å². The maximum absolute atomic E-state index is 13.6. The zero-order valence-corrected chi connectivity index (χ0v) is 23.8. The Hall–Kier alpha value is -3.86. The molecule has 1 aromatic heterocycles. The molecule has 2 heterocycles. The molecular formula is C31H33F3N2O5S. The first kappa shape index (κ1) is 25.8. The predicted molar refractivity (Wildman–Crippen MR) is 152 cm³/mol. The Morgan fingerprint density at radius 1 is 1.14 bits per heavy atom. The molecule has 7 nitrogen and oxygen atoms in total. The van der Waals surface area contributed by atoms with Crippen LogP contribution in [0, 0.1) is 0 Å². The molecule has 3 aromatic rings. The minimum Gasteiger partial charge on any atom is -0.512 e. The number of pyridine rings is 1. The van der Waals surface area contributed by atoms with E-state index in [4.69, 9.17) is 10.2 Å². The second-order valence-electron chi connectivity index (χ2n) is 10.1. The molecule has 0 spiro atoms. The van der Waals surface area contributed by atoms with Crippen molar-refractivity contribution < 1.29 is 41.7 Å². The molecule has 0 aliphatic carbocycles. The standard InChI is InChI=1S/C31H33F3N2O5S/c1-3-16-30(17-15-21-9-6-5-7-10-21)19-26(37)28(29(38)41-30)25(4-2)22-11-8-12-24(18-22)36-42(39,40)27-14-13-23(20-35-27)31(32,33)34/h5-14,18,20,25,36-37H,3-4,15-17,19H2,1-2H3/i8D,11D,12D,18D. The van der Waals surface area contributed by atoms with Crippen molar-refractivity contribution in [3.05, 3.63) is 101 Å². The molecule has 2 atom stereocenters. The number of carbonyl (C=O) groups excluding carboxylic acids is 1. The zero-order valence-electron chi connectivity index (χ0n) is 27.0. The van der Waals surface area contributed by atoms with Crippen LogP contribution >= 0.6 is 0 Å². The molecule has 1 aliphatic rings. The lowest BCUT2D eigenvalue weighted by molar-refractivity contribution is -0.161. The second kappa shape index (κ2) is 12.6. The number of anilines is 1. The van der Waals surface area contributed by atoms with Crippen molar-refractivity contribution in [3.63, 3.8) is 0 Å². The smallest absolute Gasteiger partial charge is 0.417 e. The van der Waals surface area contributed by atoms with Crippen LogP contribution in [0.15, 0.2) is 89.2 Å². The number of halogens is 3. The van der Waals surface area contributed by atoms with Gasteiger partial charge in [0.15, 0.2) is 5.03 Å². The van der Waals surface area contributed by atoms with E-state index >= 15 is 0 Å². The van der Waals surface area contributed by atoms with E-state index in [2.05, 4.69) is 4.98 Å². The summed E-state index contributed by atoms with van der Waals surface area (Å²) in [5.41, 5.74) is -2.44. The van der Waals surface area contributed by atoms with Gasteiger partial charge in [-0.15, -0.1) is 0 Å². The van der Waals surface area contributed by atoms with E-state index in [-0.39, 0.29) is 29.7 Å². The number of nitrogens with zero attached hydrogens (tertiary/aromatic N) is 1. The van der Waals surface area contributed by atoms with Crippen LogP contribution in [0.25, 0.3) is 0 Å². The van der Waals surface area contributed by atoms with Crippen molar-refractivity contribution in [2.45, 2.75) is 75.1 Å². The number of cyclic esters (lactones) is 1. The predicted octanol–water partition coefficient (Wildman–Crippen LogP) is 7.33. The van der Waals surface area contributed by atoms with E-state index in [1.807, 2.05) is 42.0 Å². The minimum atomic E-state index is -4.77. The molecule has 1 aliphatic heterocycles. The van der Waals surface area contributed by atoms with E-state index in [9.17, 15) is 31.5 Å². The number of alkyl halides is 3. The molecule has 0 radical (unpaired) electrons. The van der Waals surface area contributed by atoms with Crippen LogP contribution in [-0.2, 0) is 32.2 Å². The zero-order chi connectivity index (χ0) is 34.0. The molecule has 42 heavy (non-hydrogen) atoms. The number of nitrogens with one attached hydrogen (secondary N) is 1. The highest BCUT2D eigenvalue weighted by Gasteiger charge is 2.43. The van der Waals surface area contributed by atoms with Gasteiger partial charge in [0.2, 0.25) is 0 Å². The van der Waals surface area contributed by atoms with Gasteiger partial charge in [-0.3, -0.25) is 4.72 Å². The Morgan fingerprint density at radius 2 is 1.88 bits per heavy atom. The van der Waals surface area contributed by atoms with Gasteiger partial charge in [-0.05, 0) is 61.0 Å². The molecule has 0 saturated carbocycles. The summed E-state index contributed by atoms with van der Waals surface area (Å²) in [7, 11) is -4.76. The van der Waals surface area contributed by atoms with Gasteiger partial charge in [-0.2, -0.15) is 21.6 Å². The highest BCUT2D eigenvalue weighted by atomic mass is 32.2. The fourth-order valence-electron chi connectivity index (χ4n) is 5.06. The molecule has 0 amide bonds. The molecule has 4 rings (SSSR count). The summed E-state index contributed by atoms with van der Waals surface area (Å²) in [6, 6.07) is 7.73. The van der Waals surface area contributed by atoms with Crippen LogP contribution in [0.3, 0.4) is 0 Å². The Labute approximate surface area is 249 Å². The van der Waals surface area contributed by atoms with Crippen LogP contribution in [0.5, 0.6) is 0 Å². The third-order valence-corrected chi connectivity index (χ3v) is 8.34. The first-order valence-electron chi connectivity index (χ1n) is 15.4. The van der Waals surface area contributed by atoms with Crippen molar-refractivity contribution in [2.24, 2.45) is 0 Å². The SMILES string of the molecule is [2H]c1c([2H])c(NS(=O)(=O)c2ccc(C(F)(F)F)cn2)c([2H])c(C(CC)C2=C(O)CC(CCC)(CCc3ccccc3)OC2=O)c1[2H]. The number of esters is 1. The molecule has 0 bridgehead atoms. The van der Waals surface area contributed by atoms with Crippen molar-refractivity contribution in [2.75, 3.05) is 4.72 Å². The number of aromatic nitrogens is 1. The Balaban J connectivity index is 1.73. The molecule has 2 aromatic carbocycles. The Morgan fingerprint density at radius 3 is 2.48 bits per heavy atom. The summed E-state index contributed by atoms with van der Waals surface area (Å²) < 4.78 is 107. The number of hydrogen-bond acceptors (Lipinski definition) is 6. The molecule has 11 heteroatoms. The Bertz CT molecular complexity index is 1750. The quantitative estimate of drug-likeness (QED) is 0.222. The largest absolute Gasteiger partial charge is 0.512 e. The second-order valence-corrected chi connectivity index (χ2v) is 11.7. The normalized spacial score (nSPS) is 19.8. The van der Waals surface area contributed by atoms with Gasteiger partial charge in [0.25, 0.3) is 10.0 Å². The van der Waals surface area contributed by atoms with Crippen molar-refractivity contribution in [3.8, 4) is 0 Å². The third-order valence-electron chi connectivity index (χ3n) is 7.07. The van der Waals surface area contributed by atoms with Crippen LogP contribution < -0.4 is 4.72 Å². The van der Waals surface area contributed by atoms with Crippen LogP contribution in [0.2, 0.25) is 0 Å². The number of aryl methyl sites for hydroxylation is 1. The summed E-state index contributed by atoms with van der Waals surface area (Å²) in [4.78, 5) is 17.0. The maximum Gasteiger partial charge on any atom is 0.417 e. The van der Waals surface area contributed by atoms with E-state index in [0.717, 1.165) is 5.56 Å². The van der Waals surface area contributed by atoms with Crippen molar-refractivity contribution in [1.29, 1.82) is 0 Å². The average molecular weight is 607 g/mol. The summed E-state index contributed by atoms with van der Waals surface area (Å²) in [6.45, 7) is 3.53. The lowest BCUT2D eigenvalue weighted by Crippen LogP contribution is -2.41. The molecule has 2 unspecified atom stereocenters. The van der Waals surface area contributed by atoms with E-state index in [0.29, 0.717) is 44.0 Å². The molecule has 2 N–H and O–H groups in total. The van der Waals surface area contributed by atoms with Gasteiger partial charge < -0.3 is 9.84 Å². The van der Waals surface area contributed by atoms with Crippen molar-refractivity contribution >= 4 is 21.7 Å². The summed E-state index contributed by atoms with van der Waals surface area (Å²) >= 11 is 0. The minimum absolute atomic E-state index is 0.0283. The van der Waals surface area contributed by atoms with E-state index in [1.165, 1.54) is 0 Å². The third kappa shape index (κ3) is 7.13. The number of benzene rings is 2. The van der Waals surface area contributed by atoms with Gasteiger partial charge in [0.05, 0.1) is 16.6 Å². The Kier molecular flexibility index (Phi) is 7.72. The van der Waals surface area contributed by atoms with Crippen LogP contribution in [0.4, 0.5) is 18.9 Å².